The van der Waals surface area contributed by atoms with E-state index in [2.05, 4.69) is 63.6 Å². The van der Waals surface area contributed by atoms with Crippen molar-refractivity contribution in [3.63, 3.8) is 0 Å². The van der Waals surface area contributed by atoms with Crippen molar-refractivity contribution in [3.8, 4) is 5.75 Å². The van der Waals surface area contributed by atoms with Gasteiger partial charge in [-0.25, -0.2) is 4.98 Å². The van der Waals surface area contributed by atoms with Crippen LogP contribution in [-0.4, -0.2) is 60.0 Å². The number of rotatable bonds is 9. The Bertz CT molecular complexity index is 1330. The highest BCUT2D eigenvalue weighted by Gasteiger charge is 2.25. The standard InChI is InChI=1S/C30H33N5O2S/c1-23-12-14-24(15-13-23)20-28-31-30(38-32-28)35(21-25-8-4-3-5-9-25)22-29(36)34-18-16-33(17-19-34)26-10-6-7-11-27(26)37-2/h3-15H,16-22H2,1-2H3. The third-order valence-corrected chi connectivity index (χ3v) is 7.63. The number of carbonyl (C=O) groups is 1. The molecule has 0 saturated carbocycles. The minimum absolute atomic E-state index is 0.107. The molecule has 7 nitrogen and oxygen atoms in total. The van der Waals surface area contributed by atoms with Gasteiger partial charge in [0.15, 0.2) is 0 Å². The average Bonchev–Trinajstić information content (AvgIpc) is 3.43. The molecule has 0 aliphatic carbocycles. The Labute approximate surface area is 228 Å². The first kappa shape index (κ1) is 25.7. The van der Waals surface area contributed by atoms with Crippen LogP contribution in [-0.2, 0) is 17.8 Å². The van der Waals surface area contributed by atoms with Crippen molar-refractivity contribution in [1.82, 2.24) is 14.3 Å². The molecule has 4 aromatic rings. The normalized spacial score (nSPS) is 13.4. The molecule has 196 valence electrons. The maximum Gasteiger partial charge on any atom is 0.242 e. The van der Waals surface area contributed by atoms with Gasteiger partial charge in [0, 0.05) is 50.7 Å². The Morgan fingerprint density at radius 3 is 2.37 bits per heavy atom. The second-order valence-corrected chi connectivity index (χ2v) is 10.3. The van der Waals surface area contributed by atoms with Crippen molar-refractivity contribution in [2.75, 3.05) is 49.6 Å². The van der Waals surface area contributed by atoms with Crippen LogP contribution in [0.3, 0.4) is 0 Å². The summed E-state index contributed by atoms with van der Waals surface area (Å²) in [5, 5.41) is 0.775. The fourth-order valence-corrected chi connectivity index (χ4v) is 5.36. The van der Waals surface area contributed by atoms with E-state index < -0.39 is 0 Å². The number of nitrogens with zero attached hydrogens (tertiary/aromatic N) is 5. The van der Waals surface area contributed by atoms with Gasteiger partial charge in [-0.15, -0.1) is 0 Å². The first-order valence-corrected chi connectivity index (χ1v) is 13.7. The molecular formula is C30H33N5O2S. The van der Waals surface area contributed by atoms with Crippen LogP contribution in [0.25, 0.3) is 0 Å². The number of carbonyl (C=O) groups excluding carboxylic acids is 1. The molecule has 38 heavy (non-hydrogen) atoms. The average molecular weight is 528 g/mol. The molecule has 0 N–H and O–H groups in total. The predicted octanol–water partition coefficient (Wildman–Crippen LogP) is 4.80. The lowest BCUT2D eigenvalue weighted by molar-refractivity contribution is -0.130. The summed E-state index contributed by atoms with van der Waals surface area (Å²) in [7, 11) is 1.69. The Balaban J connectivity index is 1.26. The van der Waals surface area contributed by atoms with Crippen LogP contribution < -0.4 is 14.5 Å². The molecule has 0 unspecified atom stereocenters. The third kappa shape index (κ3) is 6.31. The van der Waals surface area contributed by atoms with Gasteiger partial charge in [-0.1, -0.05) is 72.3 Å². The van der Waals surface area contributed by atoms with Crippen LogP contribution in [0, 0.1) is 6.92 Å². The van der Waals surface area contributed by atoms with Crippen LogP contribution in [0.5, 0.6) is 5.75 Å². The minimum Gasteiger partial charge on any atom is -0.495 e. The molecule has 0 atom stereocenters. The summed E-state index contributed by atoms with van der Waals surface area (Å²) < 4.78 is 10.2. The van der Waals surface area contributed by atoms with Gasteiger partial charge < -0.3 is 19.4 Å². The third-order valence-electron chi connectivity index (χ3n) is 6.81. The van der Waals surface area contributed by atoms with Gasteiger partial charge in [-0.05, 0) is 30.2 Å². The predicted molar refractivity (Wildman–Crippen MR) is 153 cm³/mol. The summed E-state index contributed by atoms with van der Waals surface area (Å²) >= 11 is 1.36. The van der Waals surface area contributed by atoms with E-state index in [-0.39, 0.29) is 12.5 Å². The molecule has 1 aromatic heterocycles. The minimum atomic E-state index is 0.107. The van der Waals surface area contributed by atoms with E-state index in [1.54, 1.807) is 7.11 Å². The van der Waals surface area contributed by atoms with Crippen molar-refractivity contribution in [2.45, 2.75) is 19.9 Å². The maximum absolute atomic E-state index is 13.5. The van der Waals surface area contributed by atoms with Crippen molar-refractivity contribution in [1.29, 1.82) is 0 Å². The fourth-order valence-electron chi connectivity index (χ4n) is 4.68. The molecule has 1 aliphatic rings. The van der Waals surface area contributed by atoms with Gasteiger partial charge in [-0.2, -0.15) is 4.37 Å². The van der Waals surface area contributed by atoms with Crippen LogP contribution in [0.4, 0.5) is 10.8 Å². The lowest BCUT2D eigenvalue weighted by Gasteiger charge is -2.37. The Morgan fingerprint density at radius 1 is 0.921 bits per heavy atom. The number of para-hydroxylation sites is 2. The summed E-state index contributed by atoms with van der Waals surface area (Å²) in [4.78, 5) is 24.6. The van der Waals surface area contributed by atoms with Gasteiger partial charge in [0.25, 0.3) is 0 Å². The van der Waals surface area contributed by atoms with E-state index in [1.165, 1.54) is 22.7 Å². The number of aryl methyl sites for hydroxylation is 1. The summed E-state index contributed by atoms with van der Waals surface area (Å²) in [6, 6.07) is 26.7. The lowest BCUT2D eigenvalue weighted by atomic mass is 10.1. The van der Waals surface area contributed by atoms with Gasteiger partial charge in [0.05, 0.1) is 19.3 Å². The first-order valence-electron chi connectivity index (χ1n) is 12.9. The number of aromatic nitrogens is 2. The number of ether oxygens (including phenoxy) is 1. The largest absolute Gasteiger partial charge is 0.495 e. The molecule has 1 amide bonds. The number of hydrogen-bond acceptors (Lipinski definition) is 7. The highest BCUT2D eigenvalue weighted by Crippen LogP contribution is 2.28. The number of hydrogen-bond donors (Lipinski definition) is 0. The summed E-state index contributed by atoms with van der Waals surface area (Å²) in [6.45, 7) is 5.83. The fraction of sp³-hybridized carbons (Fsp3) is 0.300. The van der Waals surface area contributed by atoms with Crippen LogP contribution >= 0.6 is 11.5 Å². The Morgan fingerprint density at radius 2 is 1.63 bits per heavy atom. The summed E-state index contributed by atoms with van der Waals surface area (Å²) in [5.74, 6) is 1.75. The van der Waals surface area contributed by atoms with E-state index >= 15 is 0 Å². The molecule has 0 radical (unpaired) electrons. The Hall–Kier alpha value is -3.91. The number of benzene rings is 3. The van der Waals surface area contributed by atoms with E-state index in [4.69, 9.17) is 9.72 Å². The quantitative estimate of drug-likeness (QED) is 0.312. The van der Waals surface area contributed by atoms with Crippen LogP contribution in [0.1, 0.15) is 22.5 Å². The van der Waals surface area contributed by atoms with Gasteiger partial charge >= 0.3 is 0 Å². The lowest BCUT2D eigenvalue weighted by Crippen LogP contribution is -2.51. The second-order valence-electron chi connectivity index (χ2n) is 9.54. The highest BCUT2D eigenvalue weighted by molar-refractivity contribution is 7.09. The van der Waals surface area contributed by atoms with E-state index in [0.29, 0.717) is 26.1 Å². The van der Waals surface area contributed by atoms with Crippen molar-refractivity contribution in [3.05, 3.63) is 101 Å². The van der Waals surface area contributed by atoms with E-state index in [1.807, 2.05) is 41.3 Å². The van der Waals surface area contributed by atoms with Crippen molar-refractivity contribution < 1.29 is 9.53 Å². The monoisotopic (exact) mass is 527 g/mol. The topological polar surface area (TPSA) is 61.8 Å². The zero-order valence-corrected chi connectivity index (χ0v) is 22.7. The van der Waals surface area contributed by atoms with Gasteiger partial charge in [-0.3, -0.25) is 4.79 Å². The van der Waals surface area contributed by atoms with E-state index in [0.717, 1.165) is 41.0 Å². The van der Waals surface area contributed by atoms with Crippen LogP contribution in [0.15, 0.2) is 78.9 Å². The molecule has 8 heteroatoms. The first-order chi connectivity index (χ1) is 18.6. The number of amides is 1. The SMILES string of the molecule is COc1ccccc1N1CCN(C(=O)CN(Cc2ccccc2)c2nc(Cc3ccc(C)cc3)ns2)CC1. The molecule has 1 fully saturated rings. The maximum atomic E-state index is 13.5. The molecule has 5 rings (SSSR count). The number of anilines is 2. The summed E-state index contributed by atoms with van der Waals surface area (Å²) in [5.41, 5.74) is 4.62. The number of methoxy groups -OCH3 is 1. The molecular weight excluding hydrogens is 494 g/mol. The van der Waals surface area contributed by atoms with Crippen molar-refractivity contribution in [2.24, 2.45) is 0 Å². The molecule has 3 aromatic carbocycles. The highest BCUT2D eigenvalue weighted by atomic mass is 32.1. The number of piperazine rings is 1. The van der Waals surface area contributed by atoms with E-state index in [9.17, 15) is 4.79 Å². The van der Waals surface area contributed by atoms with Crippen LogP contribution in [0.2, 0.25) is 0 Å². The molecule has 1 saturated heterocycles. The molecule has 1 aliphatic heterocycles. The molecule has 0 bridgehead atoms. The van der Waals surface area contributed by atoms with Crippen molar-refractivity contribution >= 4 is 28.3 Å². The van der Waals surface area contributed by atoms with Gasteiger partial charge in [0.1, 0.15) is 11.6 Å². The zero-order chi connectivity index (χ0) is 26.3. The smallest absolute Gasteiger partial charge is 0.242 e. The van der Waals surface area contributed by atoms with Gasteiger partial charge in [0.2, 0.25) is 11.0 Å². The zero-order valence-electron chi connectivity index (χ0n) is 21.9. The molecule has 2 heterocycles. The second kappa shape index (κ2) is 12.1. The summed E-state index contributed by atoms with van der Waals surface area (Å²) in [6.07, 6.45) is 0.675. The Kier molecular flexibility index (Phi) is 8.19. The molecule has 0 spiro atoms.